The topological polar surface area (TPSA) is 86.8 Å². The Kier molecular flexibility index (Phi) is 6.73. The van der Waals surface area contributed by atoms with E-state index in [9.17, 15) is 4.39 Å². The minimum absolute atomic E-state index is 0. The molecule has 1 atom stereocenters. The molecule has 4 aromatic rings. The lowest BCUT2D eigenvalue weighted by molar-refractivity contribution is -0.0290. The first kappa shape index (κ1) is 23.3. The number of morpholine rings is 1. The first-order chi connectivity index (χ1) is 15.5. The maximum Gasteiger partial charge on any atom is 0.164 e. The summed E-state index contributed by atoms with van der Waals surface area (Å²) in [6.07, 6.45) is 6.75. The van der Waals surface area contributed by atoms with Gasteiger partial charge in [-0.1, -0.05) is 0 Å². The lowest BCUT2D eigenvalue weighted by Crippen LogP contribution is -2.42. The van der Waals surface area contributed by atoms with Gasteiger partial charge >= 0.3 is 0 Å². The minimum atomic E-state index is -0.412. The van der Waals surface area contributed by atoms with E-state index in [1.165, 1.54) is 12.3 Å². The van der Waals surface area contributed by atoms with E-state index in [4.69, 9.17) is 9.72 Å². The molecule has 1 unspecified atom stereocenters. The molecule has 0 bridgehead atoms. The molecule has 0 amide bonds. The van der Waals surface area contributed by atoms with E-state index in [1.54, 1.807) is 6.20 Å². The molecule has 1 fully saturated rings. The zero-order valence-corrected chi connectivity index (χ0v) is 19.9. The van der Waals surface area contributed by atoms with Crippen molar-refractivity contribution in [1.82, 2.24) is 39.2 Å². The highest BCUT2D eigenvalue weighted by Gasteiger charge is 2.20. The van der Waals surface area contributed by atoms with E-state index >= 15 is 0 Å². The monoisotopic (exact) mass is 470 g/mol. The van der Waals surface area contributed by atoms with Crippen molar-refractivity contribution in [3.05, 3.63) is 53.8 Å². The molecule has 0 N–H and O–H groups in total. The Hall–Kier alpha value is -2.89. The number of rotatable bonds is 5. The molecule has 5 rings (SSSR count). The van der Waals surface area contributed by atoms with Crippen LogP contribution >= 0.6 is 13.5 Å². The van der Waals surface area contributed by atoms with Gasteiger partial charge in [0.1, 0.15) is 23.0 Å². The van der Waals surface area contributed by atoms with Crippen LogP contribution in [0.25, 0.3) is 22.6 Å². The number of fused-ring (bicyclic) bond motifs is 1. The summed E-state index contributed by atoms with van der Waals surface area (Å²) < 4.78 is 23.7. The van der Waals surface area contributed by atoms with Crippen LogP contribution in [0.1, 0.15) is 17.1 Å². The maximum absolute atomic E-state index is 13.9. The van der Waals surface area contributed by atoms with Crippen molar-refractivity contribution in [2.45, 2.75) is 33.0 Å². The van der Waals surface area contributed by atoms with E-state index in [0.29, 0.717) is 41.5 Å². The van der Waals surface area contributed by atoms with Crippen LogP contribution in [0.15, 0.2) is 30.9 Å². The summed E-state index contributed by atoms with van der Waals surface area (Å²) in [7, 11) is 2.10. The average Bonchev–Trinajstić information content (AvgIpc) is 3.33. The van der Waals surface area contributed by atoms with Crippen molar-refractivity contribution in [2.24, 2.45) is 0 Å². The number of nitrogens with zero attached hydrogens (tertiary/aromatic N) is 8. The SMILES string of the molecule is Cc1nc(C)c2nc(-c3cncc(F)c3)n(Cc3cnn(CC4CN(C)CCO4)c3)c2n1.S. The second kappa shape index (κ2) is 9.54. The van der Waals surface area contributed by atoms with Gasteiger partial charge in [-0.2, -0.15) is 18.6 Å². The van der Waals surface area contributed by atoms with Crippen LogP contribution in [0.2, 0.25) is 0 Å². The summed E-state index contributed by atoms with van der Waals surface area (Å²) in [5, 5.41) is 4.53. The number of hydrogen-bond acceptors (Lipinski definition) is 7. The third kappa shape index (κ3) is 4.90. The zero-order chi connectivity index (χ0) is 22.2. The van der Waals surface area contributed by atoms with E-state index in [0.717, 1.165) is 31.0 Å². The minimum Gasteiger partial charge on any atom is -0.374 e. The number of halogens is 1. The molecular weight excluding hydrogens is 443 g/mol. The van der Waals surface area contributed by atoms with Crippen LogP contribution in [-0.4, -0.2) is 72.0 Å². The number of hydrogen-bond donors (Lipinski definition) is 0. The molecule has 0 spiro atoms. The lowest BCUT2D eigenvalue weighted by atomic mass is 10.2. The van der Waals surface area contributed by atoms with E-state index in [-0.39, 0.29) is 19.6 Å². The Morgan fingerprint density at radius 3 is 2.79 bits per heavy atom. The Morgan fingerprint density at radius 1 is 1.15 bits per heavy atom. The van der Waals surface area contributed by atoms with E-state index in [1.807, 2.05) is 35.5 Å². The van der Waals surface area contributed by atoms with Gasteiger partial charge in [-0.25, -0.2) is 19.3 Å². The smallest absolute Gasteiger partial charge is 0.164 e. The fourth-order valence-electron chi connectivity index (χ4n) is 4.14. The molecule has 0 aromatic carbocycles. The van der Waals surface area contributed by atoms with Crippen LogP contribution in [0.4, 0.5) is 4.39 Å². The van der Waals surface area contributed by atoms with Crippen LogP contribution < -0.4 is 0 Å². The Morgan fingerprint density at radius 2 is 2.00 bits per heavy atom. The third-order valence-corrected chi connectivity index (χ3v) is 5.60. The average molecular weight is 471 g/mol. The maximum atomic E-state index is 13.9. The molecule has 1 aliphatic heterocycles. The second-order valence-corrected chi connectivity index (χ2v) is 8.27. The molecule has 1 aliphatic rings. The summed E-state index contributed by atoms with van der Waals surface area (Å²) >= 11 is 0. The molecule has 33 heavy (non-hydrogen) atoms. The molecule has 4 aromatic heterocycles. The highest BCUT2D eigenvalue weighted by atomic mass is 32.1. The molecule has 0 radical (unpaired) electrons. The Bertz CT molecular complexity index is 1270. The summed E-state index contributed by atoms with van der Waals surface area (Å²) in [6, 6.07) is 1.43. The normalized spacial score (nSPS) is 16.8. The van der Waals surface area contributed by atoms with Gasteiger partial charge in [0.05, 0.1) is 43.9 Å². The van der Waals surface area contributed by atoms with Gasteiger partial charge in [0, 0.05) is 36.6 Å². The first-order valence-electron chi connectivity index (χ1n) is 10.6. The van der Waals surface area contributed by atoms with Gasteiger partial charge in [0.2, 0.25) is 0 Å². The summed E-state index contributed by atoms with van der Waals surface area (Å²) in [6.45, 7) is 7.51. The fraction of sp³-hybridized carbons (Fsp3) is 0.409. The number of ether oxygens (including phenoxy) is 1. The van der Waals surface area contributed by atoms with Crippen LogP contribution in [0.5, 0.6) is 0 Å². The molecule has 0 saturated carbocycles. The third-order valence-electron chi connectivity index (χ3n) is 5.60. The van der Waals surface area contributed by atoms with Gasteiger partial charge in [0.25, 0.3) is 0 Å². The highest BCUT2D eigenvalue weighted by molar-refractivity contribution is 7.59. The molecule has 1 saturated heterocycles. The van der Waals surface area contributed by atoms with Crippen LogP contribution in [0, 0.1) is 19.7 Å². The predicted octanol–water partition coefficient (Wildman–Crippen LogP) is 2.33. The number of imidazole rings is 1. The lowest BCUT2D eigenvalue weighted by Gasteiger charge is -2.29. The summed E-state index contributed by atoms with van der Waals surface area (Å²) in [5.41, 5.74) is 3.77. The van der Waals surface area contributed by atoms with Gasteiger partial charge in [0.15, 0.2) is 5.65 Å². The Labute approximate surface area is 198 Å². The fourth-order valence-corrected chi connectivity index (χ4v) is 4.14. The van der Waals surface area contributed by atoms with E-state index < -0.39 is 5.82 Å². The van der Waals surface area contributed by atoms with Gasteiger partial charge in [-0.05, 0) is 27.0 Å². The number of aryl methyl sites for hydroxylation is 2. The number of aromatic nitrogens is 7. The molecule has 9 nitrogen and oxygen atoms in total. The Balaban J connectivity index is 0.00000259. The van der Waals surface area contributed by atoms with Crippen molar-refractivity contribution in [3.63, 3.8) is 0 Å². The highest BCUT2D eigenvalue weighted by Crippen LogP contribution is 2.26. The standard InChI is InChI=1S/C22H25FN8O.H2S/c1-14-20-22(27-15(2)26-14)31(21(28-20)17-6-18(23)9-24-8-17)11-16-7-25-30(10-16)13-19-12-29(3)4-5-32-19;/h6-10,19H,4-5,11-13H2,1-3H3;1H2. The quantitative estimate of drug-likeness (QED) is 0.442. The van der Waals surface area contributed by atoms with Gasteiger partial charge in [-0.15, -0.1) is 0 Å². The van der Waals surface area contributed by atoms with Gasteiger partial charge < -0.3 is 14.2 Å². The summed E-state index contributed by atoms with van der Waals surface area (Å²) in [4.78, 5) is 20.1. The first-order valence-corrected chi connectivity index (χ1v) is 10.6. The van der Waals surface area contributed by atoms with Crippen molar-refractivity contribution < 1.29 is 9.13 Å². The van der Waals surface area contributed by atoms with Gasteiger partial charge in [-0.3, -0.25) is 9.67 Å². The summed E-state index contributed by atoms with van der Waals surface area (Å²) in [5.74, 6) is 0.847. The van der Waals surface area contributed by atoms with Crippen molar-refractivity contribution in [3.8, 4) is 11.4 Å². The molecule has 5 heterocycles. The molecule has 0 aliphatic carbocycles. The van der Waals surface area contributed by atoms with Crippen molar-refractivity contribution in [1.29, 1.82) is 0 Å². The number of pyridine rings is 1. The van der Waals surface area contributed by atoms with E-state index in [2.05, 4.69) is 32.0 Å². The predicted molar refractivity (Wildman–Crippen MR) is 127 cm³/mol. The molecule has 174 valence electrons. The van der Waals surface area contributed by atoms with Crippen LogP contribution in [-0.2, 0) is 17.8 Å². The van der Waals surface area contributed by atoms with Crippen LogP contribution in [0.3, 0.4) is 0 Å². The largest absolute Gasteiger partial charge is 0.374 e. The number of likely N-dealkylation sites (N-methyl/N-ethyl adjacent to an activating group) is 1. The molecule has 11 heteroatoms. The van der Waals surface area contributed by atoms with Crippen molar-refractivity contribution in [2.75, 3.05) is 26.7 Å². The zero-order valence-electron chi connectivity index (χ0n) is 18.9. The second-order valence-electron chi connectivity index (χ2n) is 8.27. The van der Waals surface area contributed by atoms with Crippen molar-refractivity contribution >= 4 is 24.7 Å². The molecular formula is C22H27FN8OS.